The second kappa shape index (κ2) is 7.12. The third kappa shape index (κ3) is 5.92. The summed E-state index contributed by atoms with van der Waals surface area (Å²) in [6.45, 7) is -3.85. The minimum atomic E-state index is -7.21. The van der Waals surface area contributed by atoms with Crippen LogP contribution in [-0.2, 0) is 13.6 Å². The van der Waals surface area contributed by atoms with Crippen LogP contribution in [0.3, 0.4) is 0 Å². The van der Waals surface area contributed by atoms with Crippen LogP contribution in [0.25, 0.3) is 0 Å². The molecule has 0 aliphatic heterocycles. The second-order valence-electron chi connectivity index (χ2n) is 4.37. The van der Waals surface area contributed by atoms with E-state index in [-0.39, 0.29) is 0 Å². The van der Waals surface area contributed by atoms with Gasteiger partial charge in [-0.25, -0.2) is 17.9 Å². The van der Waals surface area contributed by atoms with E-state index in [0.29, 0.717) is 0 Å². The molecule has 1 rings (SSSR count). The fourth-order valence-electron chi connectivity index (χ4n) is 1.16. The van der Waals surface area contributed by atoms with Crippen LogP contribution in [-0.4, -0.2) is 23.5 Å². The number of unbranched alkanes of at least 4 members (excludes halogenated alkanes) is 1. The summed E-state index contributed by atoms with van der Waals surface area (Å²) in [5, 5.41) is 0. The maximum atomic E-state index is 11.2. The number of aryl methyl sites for hydroxylation is 2. The van der Waals surface area contributed by atoms with Gasteiger partial charge in [0.1, 0.15) is 12.4 Å². The van der Waals surface area contributed by atoms with E-state index in [1.54, 1.807) is 0 Å². The molecule has 0 aliphatic rings. The molecule has 1 aromatic heterocycles. The lowest BCUT2D eigenvalue weighted by Crippen LogP contribution is -2.53. The molecule has 0 N–H and O–H groups in total. The van der Waals surface area contributed by atoms with Crippen LogP contribution >= 0.6 is 0 Å². The minimum absolute atomic E-state index is 1.15. The topological polar surface area (TPSA) is 8.81 Å². The quantitative estimate of drug-likeness (QED) is 0.453. The molecule has 21 heavy (non-hydrogen) atoms. The van der Waals surface area contributed by atoms with E-state index in [1.807, 2.05) is 7.05 Å². The van der Waals surface area contributed by atoms with Crippen molar-refractivity contribution in [2.45, 2.75) is 38.3 Å². The Labute approximate surface area is 116 Å². The van der Waals surface area contributed by atoms with Crippen LogP contribution in [0.5, 0.6) is 0 Å². The van der Waals surface area contributed by atoms with Crippen molar-refractivity contribution in [3.8, 4) is 0 Å². The van der Waals surface area contributed by atoms with Gasteiger partial charge in [0.2, 0.25) is 6.33 Å². The van der Waals surface area contributed by atoms with E-state index in [1.165, 1.54) is 12.8 Å². The molecular weight excluding hydrogens is 311 g/mol. The largest absolute Gasteiger partial charge is 0.558 e. The highest BCUT2D eigenvalue weighted by molar-refractivity contribution is 6.61. The molecule has 11 heteroatoms. The van der Waals surface area contributed by atoms with E-state index in [9.17, 15) is 34.9 Å². The van der Waals surface area contributed by atoms with E-state index in [0.717, 1.165) is 6.54 Å². The fraction of sp³-hybridized carbons (Fsp3) is 0.700. The van der Waals surface area contributed by atoms with Crippen LogP contribution in [0.2, 0.25) is 0 Å². The van der Waals surface area contributed by atoms with Gasteiger partial charge in [0.25, 0.3) is 0 Å². The van der Waals surface area contributed by atoms with Crippen molar-refractivity contribution in [1.29, 1.82) is 0 Å². The molecule has 0 bridgehead atoms. The zero-order valence-electron chi connectivity index (χ0n) is 11.3. The predicted octanol–water partition coefficient (Wildman–Crippen LogP) is 3.68. The Hall–Kier alpha value is -1.29. The lowest BCUT2D eigenvalue weighted by atomic mass is 9.80. The van der Waals surface area contributed by atoms with Crippen LogP contribution < -0.4 is 4.57 Å². The van der Waals surface area contributed by atoms with Crippen LogP contribution in [0.15, 0.2) is 18.7 Å². The Morgan fingerprint density at radius 3 is 1.86 bits per heavy atom. The SMILES string of the molecule is CCCCn1cc[n+](C)c1.F[B-](F)(F)C(F)(F)C(F)(F)F. The van der Waals surface area contributed by atoms with E-state index in [4.69, 9.17) is 0 Å². The summed E-state index contributed by atoms with van der Waals surface area (Å²) in [5.74, 6) is -6.56. The maximum absolute atomic E-state index is 11.2. The molecule has 1 heterocycles. The molecule has 0 saturated heterocycles. The van der Waals surface area contributed by atoms with Crippen molar-refractivity contribution < 1.29 is 39.5 Å². The molecule has 0 aliphatic carbocycles. The minimum Gasteiger partial charge on any atom is -0.445 e. The van der Waals surface area contributed by atoms with Crippen LogP contribution in [0.4, 0.5) is 34.9 Å². The van der Waals surface area contributed by atoms with Crippen molar-refractivity contribution in [2.75, 3.05) is 0 Å². The Morgan fingerprint density at radius 2 is 1.62 bits per heavy atom. The van der Waals surface area contributed by atoms with Crippen molar-refractivity contribution in [3.63, 3.8) is 0 Å². The highest BCUT2D eigenvalue weighted by Crippen LogP contribution is 2.43. The van der Waals surface area contributed by atoms with Crippen molar-refractivity contribution >= 4 is 6.98 Å². The lowest BCUT2D eigenvalue weighted by molar-refractivity contribution is -0.671. The number of alkyl halides is 5. The molecule has 124 valence electrons. The normalized spacial score (nSPS) is 12.9. The van der Waals surface area contributed by atoms with Gasteiger partial charge in [0.05, 0.1) is 13.6 Å². The first-order valence-corrected chi connectivity index (χ1v) is 5.97. The summed E-state index contributed by atoms with van der Waals surface area (Å²) in [5.41, 5.74) is 0. The predicted molar refractivity (Wildman–Crippen MR) is 60.6 cm³/mol. The Bertz CT molecular complexity index is 407. The average molecular weight is 326 g/mol. The zero-order valence-corrected chi connectivity index (χ0v) is 11.3. The molecule has 0 aromatic carbocycles. The van der Waals surface area contributed by atoms with Gasteiger partial charge in [-0.15, -0.1) is 0 Å². The van der Waals surface area contributed by atoms with E-state index >= 15 is 0 Å². The average Bonchev–Trinajstić information content (AvgIpc) is 2.70. The third-order valence-corrected chi connectivity index (χ3v) is 2.38. The molecule has 0 fully saturated rings. The second-order valence-corrected chi connectivity index (χ2v) is 4.37. The van der Waals surface area contributed by atoms with Gasteiger partial charge in [-0.05, 0) is 6.42 Å². The van der Waals surface area contributed by atoms with Crippen molar-refractivity contribution in [3.05, 3.63) is 18.7 Å². The summed E-state index contributed by atoms with van der Waals surface area (Å²) >= 11 is 0. The highest BCUT2D eigenvalue weighted by Gasteiger charge is 2.69. The number of imidazole rings is 1. The smallest absolute Gasteiger partial charge is 0.445 e. The van der Waals surface area contributed by atoms with Crippen molar-refractivity contribution in [2.24, 2.45) is 7.05 Å². The first-order chi connectivity index (χ1) is 9.33. The number of hydrogen-bond acceptors (Lipinski definition) is 0. The molecule has 1 aromatic rings. The fourth-order valence-corrected chi connectivity index (χ4v) is 1.16. The van der Waals surface area contributed by atoms with Crippen molar-refractivity contribution in [1.82, 2.24) is 4.57 Å². The molecule has 0 radical (unpaired) electrons. The molecule has 2 nitrogen and oxygen atoms in total. The number of rotatable bonds is 4. The van der Waals surface area contributed by atoms with Gasteiger partial charge >= 0.3 is 19.0 Å². The summed E-state index contributed by atoms with van der Waals surface area (Å²) in [6.07, 6.45) is 2.27. The van der Waals surface area contributed by atoms with Gasteiger partial charge < -0.3 is 12.9 Å². The highest BCUT2D eigenvalue weighted by atomic mass is 19.4. The van der Waals surface area contributed by atoms with Gasteiger partial charge in [-0.2, -0.15) is 13.2 Å². The molecule has 0 unspecified atom stereocenters. The molecule has 0 amide bonds. The Kier molecular flexibility index (Phi) is 6.69. The molecule has 0 saturated carbocycles. The monoisotopic (exact) mass is 326 g/mol. The van der Waals surface area contributed by atoms with E-state index < -0.39 is 19.0 Å². The maximum Gasteiger partial charge on any atom is 0.558 e. The zero-order chi connectivity index (χ0) is 16.9. The van der Waals surface area contributed by atoms with Gasteiger partial charge in [0, 0.05) is 0 Å². The summed E-state index contributed by atoms with van der Waals surface area (Å²) in [7, 11) is 2.04. The van der Waals surface area contributed by atoms with Gasteiger partial charge in [-0.1, -0.05) is 13.3 Å². The molecular formula is C10H15BF8N2. The first kappa shape index (κ1) is 19.7. The standard InChI is InChI=1S/C8H15N2.C2BF8/c1-3-4-5-10-7-6-9(2)8-10;4-1(5,2(6,7)8)3(9,10)11/h6-8H,3-5H2,1-2H3;/q+1;-1. The summed E-state index contributed by atoms with van der Waals surface area (Å²) in [4.78, 5) is 0. The number of halogens is 8. The van der Waals surface area contributed by atoms with E-state index in [2.05, 4.69) is 34.8 Å². The number of hydrogen-bond donors (Lipinski definition) is 0. The first-order valence-electron chi connectivity index (χ1n) is 5.97. The third-order valence-electron chi connectivity index (χ3n) is 2.38. The Morgan fingerprint density at radius 1 is 1.10 bits per heavy atom. The van der Waals surface area contributed by atoms with Gasteiger partial charge in [-0.3, -0.25) is 0 Å². The summed E-state index contributed by atoms with van der Waals surface area (Å²) in [6, 6.07) is 0. The number of aromatic nitrogens is 2. The van der Waals surface area contributed by atoms with Crippen LogP contribution in [0, 0.1) is 0 Å². The Balaban J connectivity index is 0.000000382. The number of nitrogens with zero attached hydrogens (tertiary/aromatic N) is 2. The molecule has 0 atom stereocenters. The summed E-state index contributed by atoms with van der Waals surface area (Å²) < 4.78 is 92.1. The van der Waals surface area contributed by atoms with Crippen LogP contribution in [0.1, 0.15) is 19.8 Å². The molecule has 0 spiro atoms. The van der Waals surface area contributed by atoms with Gasteiger partial charge in [0.15, 0.2) is 0 Å². The lowest BCUT2D eigenvalue weighted by Gasteiger charge is -2.28.